The number of alkyl halides is 1. The van der Waals surface area contributed by atoms with E-state index in [0.29, 0.717) is 0 Å². The Labute approximate surface area is 143 Å². The number of hydrogen-bond donors (Lipinski definition) is 1. The second kappa shape index (κ2) is 8.84. The predicted octanol–water partition coefficient (Wildman–Crippen LogP) is -0.119. The van der Waals surface area contributed by atoms with Crippen molar-refractivity contribution in [3.63, 3.8) is 0 Å². The first-order valence-electron chi connectivity index (χ1n) is 7.16. The lowest BCUT2D eigenvalue weighted by Gasteiger charge is -2.43. The highest BCUT2D eigenvalue weighted by atomic mass is 35.5. The van der Waals surface area contributed by atoms with Crippen LogP contribution in [0.25, 0.3) is 0 Å². The molecule has 136 valence electrons. The summed E-state index contributed by atoms with van der Waals surface area (Å²) in [6.45, 7) is 4.51. The van der Waals surface area contributed by atoms with Crippen LogP contribution in [0, 0.1) is 0 Å². The minimum atomic E-state index is -1.11. The van der Waals surface area contributed by atoms with Crippen LogP contribution in [-0.2, 0) is 38.1 Å². The van der Waals surface area contributed by atoms with Crippen LogP contribution in [0.1, 0.15) is 27.7 Å². The molecule has 1 aliphatic heterocycles. The molecule has 0 aromatic heterocycles. The van der Waals surface area contributed by atoms with Gasteiger partial charge in [0.1, 0.15) is 18.8 Å². The molecule has 9 nitrogen and oxygen atoms in total. The second-order valence-electron chi connectivity index (χ2n) is 5.20. The van der Waals surface area contributed by atoms with Gasteiger partial charge in [-0.05, 0) is 0 Å². The minimum absolute atomic E-state index is 0.263. The molecule has 0 aliphatic carbocycles. The van der Waals surface area contributed by atoms with E-state index in [2.05, 4.69) is 5.32 Å². The van der Waals surface area contributed by atoms with Gasteiger partial charge in [-0.3, -0.25) is 19.2 Å². The number of ether oxygens (including phenoxy) is 4. The van der Waals surface area contributed by atoms with Gasteiger partial charge >= 0.3 is 17.9 Å². The predicted molar refractivity (Wildman–Crippen MR) is 79.9 cm³/mol. The summed E-state index contributed by atoms with van der Waals surface area (Å²) in [6.07, 6.45) is -3.18. The van der Waals surface area contributed by atoms with Crippen LogP contribution in [-0.4, -0.2) is 60.3 Å². The summed E-state index contributed by atoms with van der Waals surface area (Å²) < 4.78 is 20.7. The second-order valence-corrected chi connectivity index (χ2v) is 5.63. The maximum atomic E-state index is 11.4. The third-order valence-corrected chi connectivity index (χ3v) is 3.43. The SMILES string of the molecule is CC(=O)NC1C(OC(C)=O)[C@@H](OC(C)=O)C(COC(C)=O)O[C@H]1Cl. The standard InChI is InChI=1S/C14H20ClNO8/c1-6(17)16-11-13(23-9(4)20)12(22-8(3)19)10(24-14(11)15)5-21-7(2)18/h10-14H,5H2,1-4H3,(H,16,17)/t10?,11?,12-,13?,14+/m0/s1. The lowest BCUT2D eigenvalue weighted by atomic mass is 9.97. The van der Waals surface area contributed by atoms with Crippen molar-refractivity contribution in [2.75, 3.05) is 6.61 Å². The Morgan fingerprint density at radius 1 is 0.958 bits per heavy atom. The monoisotopic (exact) mass is 365 g/mol. The van der Waals surface area contributed by atoms with E-state index in [1.54, 1.807) is 0 Å². The zero-order chi connectivity index (χ0) is 18.4. The van der Waals surface area contributed by atoms with Gasteiger partial charge in [-0.25, -0.2) is 0 Å². The average Bonchev–Trinajstić information content (AvgIpc) is 2.42. The lowest BCUT2D eigenvalue weighted by molar-refractivity contribution is -0.212. The third kappa shape index (κ3) is 5.97. The van der Waals surface area contributed by atoms with Crippen LogP contribution in [0.5, 0.6) is 0 Å². The lowest BCUT2D eigenvalue weighted by Crippen LogP contribution is -2.64. The van der Waals surface area contributed by atoms with Gasteiger partial charge in [0.15, 0.2) is 17.8 Å². The highest BCUT2D eigenvalue weighted by Crippen LogP contribution is 2.28. The molecule has 0 aromatic rings. The van der Waals surface area contributed by atoms with Gasteiger partial charge in [0, 0.05) is 27.7 Å². The van der Waals surface area contributed by atoms with Crippen LogP contribution >= 0.6 is 11.6 Å². The number of hydrogen-bond acceptors (Lipinski definition) is 8. The van der Waals surface area contributed by atoms with Crippen LogP contribution in [0.3, 0.4) is 0 Å². The molecule has 1 aliphatic rings. The van der Waals surface area contributed by atoms with Crippen molar-refractivity contribution in [3.05, 3.63) is 0 Å². The van der Waals surface area contributed by atoms with E-state index >= 15 is 0 Å². The molecule has 0 radical (unpaired) electrons. The highest BCUT2D eigenvalue weighted by Gasteiger charge is 2.50. The molecule has 0 bridgehead atoms. The van der Waals surface area contributed by atoms with Crippen molar-refractivity contribution in [2.45, 2.75) is 57.6 Å². The smallest absolute Gasteiger partial charge is 0.303 e. The van der Waals surface area contributed by atoms with Gasteiger partial charge in [0.05, 0.1) is 0 Å². The first-order chi connectivity index (χ1) is 11.1. The van der Waals surface area contributed by atoms with Crippen molar-refractivity contribution < 1.29 is 38.1 Å². The Hall–Kier alpha value is -1.87. The van der Waals surface area contributed by atoms with Crippen molar-refractivity contribution in [2.24, 2.45) is 0 Å². The van der Waals surface area contributed by atoms with Gasteiger partial charge in [-0.15, -0.1) is 0 Å². The molecule has 1 heterocycles. The van der Waals surface area contributed by atoms with Crippen molar-refractivity contribution >= 4 is 35.4 Å². The first-order valence-corrected chi connectivity index (χ1v) is 7.60. The van der Waals surface area contributed by atoms with E-state index in [9.17, 15) is 19.2 Å². The summed E-state index contributed by atoms with van der Waals surface area (Å²) >= 11 is 6.11. The molecule has 1 rings (SSSR count). The Morgan fingerprint density at radius 2 is 1.50 bits per heavy atom. The molecule has 10 heteroatoms. The van der Waals surface area contributed by atoms with Crippen molar-refractivity contribution in [1.29, 1.82) is 0 Å². The molecule has 24 heavy (non-hydrogen) atoms. The van der Waals surface area contributed by atoms with Gasteiger partial charge in [0.25, 0.3) is 0 Å². The molecular weight excluding hydrogens is 346 g/mol. The Balaban J connectivity index is 3.11. The Morgan fingerprint density at radius 3 is 1.96 bits per heavy atom. The van der Waals surface area contributed by atoms with Gasteiger partial charge < -0.3 is 24.3 Å². The van der Waals surface area contributed by atoms with Crippen LogP contribution in [0.2, 0.25) is 0 Å². The van der Waals surface area contributed by atoms with E-state index in [1.807, 2.05) is 0 Å². The van der Waals surface area contributed by atoms with E-state index in [-0.39, 0.29) is 6.61 Å². The molecule has 0 saturated carbocycles. The molecule has 5 atom stereocenters. The van der Waals surface area contributed by atoms with E-state index < -0.39 is 53.7 Å². The van der Waals surface area contributed by atoms with E-state index in [4.69, 9.17) is 30.5 Å². The summed E-state index contributed by atoms with van der Waals surface area (Å²) in [4.78, 5) is 45.2. The number of amides is 1. The van der Waals surface area contributed by atoms with E-state index in [0.717, 1.165) is 13.8 Å². The zero-order valence-corrected chi connectivity index (χ0v) is 14.5. The summed E-state index contributed by atoms with van der Waals surface area (Å²) in [5, 5.41) is 2.50. The summed E-state index contributed by atoms with van der Waals surface area (Å²) in [7, 11) is 0. The summed E-state index contributed by atoms with van der Waals surface area (Å²) in [6, 6.07) is -0.953. The van der Waals surface area contributed by atoms with Crippen LogP contribution in [0.15, 0.2) is 0 Å². The van der Waals surface area contributed by atoms with Crippen LogP contribution < -0.4 is 5.32 Å². The summed E-state index contributed by atoms with van der Waals surface area (Å²) in [5.41, 5.74) is -1.09. The number of esters is 3. The average molecular weight is 366 g/mol. The molecule has 0 spiro atoms. The van der Waals surface area contributed by atoms with Crippen molar-refractivity contribution in [3.8, 4) is 0 Å². The molecule has 1 fully saturated rings. The number of carbonyl (C=O) groups is 4. The molecule has 0 aromatic carbocycles. The number of halogens is 1. The molecular formula is C14H20ClNO8. The fourth-order valence-electron chi connectivity index (χ4n) is 2.28. The third-order valence-electron chi connectivity index (χ3n) is 3.06. The minimum Gasteiger partial charge on any atom is -0.463 e. The fraction of sp³-hybridized carbons (Fsp3) is 0.714. The number of nitrogens with one attached hydrogen (secondary N) is 1. The number of carbonyl (C=O) groups excluding carboxylic acids is 4. The Bertz CT molecular complexity index is 511. The largest absolute Gasteiger partial charge is 0.463 e. The molecule has 3 unspecified atom stereocenters. The van der Waals surface area contributed by atoms with Crippen LogP contribution in [0.4, 0.5) is 0 Å². The zero-order valence-electron chi connectivity index (χ0n) is 13.7. The van der Waals surface area contributed by atoms with E-state index in [1.165, 1.54) is 13.8 Å². The molecule has 1 N–H and O–H groups in total. The normalized spacial score (nSPS) is 29.3. The molecule has 1 amide bonds. The number of rotatable bonds is 5. The fourth-order valence-corrected chi connectivity index (χ4v) is 2.62. The van der Waals surface area contributed by atoms with Gasteiger partial charge in [0.2, 0.25) is 5.91 Å². The Kier molecular flexibility index (Phi) is 7.43. The maximum Gasteiger partial charge on any atom is 0.303 e. The molecule has 1 saturated heterocycles. The highest BCUT2D eigenvalue weighted by molar-refractivity contribution is 6.20. The van der Waals surface area contributed by atoms with Gasteiger partial charge in [-0.2, -0.15) is 0 Å². The van der Waals surface area contributed by atoms with Gasteiger partial charge in [-0.1, -0.05) is 11.6 Å². The first kappa shape index (κ1) is 20.2. The summed E-state index contributed by atoms with van der Waals surface area (Å²) in [5.74, 6) is -2.33. The quantitative estimate of drug-likeness (QED) is 0.407. The topological polar surface area (TPSA) is 117 Å². The maximum absolute atomic E-state index is 11.4. The van der Waals surface area contributed by atoms with Crippen molar-refractivity contribution in [1.82, 2.24) is 5.32 Å².